The van der Waals surface area contributed by atoms with Gasteiger partial charge in [0.05, 0.1) is 0 Å². The van der Waals surface area contributed by atoms with Crippen LogP contribution in [0.2, 0.25) is 0 Å². The van der Waals surface area contributed by atoms with Crippen LogP contribution < -0.4 is 5.73 Å². The summed E-state index contributed by atoms with van der Waals surface area (Å²) in [5.41, 5.74) is 11.4. The lowest BCUT2D eigenvalue weighted by atomic mass is 9.95. The Labute approximate surface area is 202 Å². The molecule has 0 aromatic heterocycles. The third-order valence-corrected chi connectivity index (χ3v) is 7.19. The van der Waals surface area contributed by atoms with Crippen molar-refractivity contribution in [3.63, 3.8) is 0 Å². The van der Waals surface area contributed by atoms with Crippen molar-refractivity contribution in [1.29, 1.82) is 0 Å². The van der Waals surface area contributed by atoms with Gasteiger partial charge in [-0.2, -0.15) is 0 Å². The molecular formula is C28H47N5. The normalized spacial score (nSPS) is 21.9. The molecule has 2 aliphatic rings. The molecule has 5 nitrogen and oxygen atoms in total. The van der Waals surface area contributed by atoms with Crippen LogP contribution in [0.5, 0.6) is 0 Å². The molecule has 2 saturated heterocycles. The maximum Gasteiger partial charge on any atom is 0.0234 e. The van der Waals surface area contributed by atoms with Crippen molar-refractivity contribution in [2.24, 2.45) is 11.7 Å². The molecule has 0 aliphatic carbocycles. The minimum absolute atomic E-state index is 0.533. The van der Waals surface area contributed by atoms with Crippen LogP contribution in [-0.4, -0.2) is 92.6 Å². The summed E-state index contributed by atoms with van der Waals surface area (Å²) >= 11 is 0. The Morgan fingerprint density at radius 3 is 2.27 bits per heavy atom. The highest BCUT2D eigenvalue weighted by Crippen LogP contribution is 2.24. The molecule has 2 N–H and O–H groups in total. The minimum atomic E-state index is 0.533. The number of benzene rings is 1. The fourth-order valence-electron chi connectivity index (χ4n) is 5.07. The number of rotatable bonds is 8. The Morgan fingerprint density at radius 1 is 0.939 bits per heavy atom. The van der Waals surface area contributed by atoms with E-state index in [4.69, 9.17) is 5.73 Å². The van der Waals surface area contributed by atoms with E-state index < -0.39 is 0 Å². The lowest BCUT2D eigenvalue weighted by molar-refractivity contribution is 0.258. The maximum atomic E-state index is 6.21. The van der Waals surface area contributed by atoms with Gasteiger partial charge in [-0.05, 0) is 88.2 Å². The van der Waals surface area contributed by atoms with Crippen LogP contribution in [0.3, 0.4) is 0 Å². The third kappa shape index (κ3) is 8.34. The molecule has 1 atom stereocenters. The summed E-state index contributed by atoms with van der Waals surface area (Å²) in [7, 11) is 4.46. The van der Waals surface area contributed by atoms with E-state index in [1.165, 1.54) is 74.4 Å². The molecular weight excluding hydrogens is 406 g/mol. The summed E-state index contributed by atoms with van der Waals surface area (Å²) < 4.78 is 0. The summed E-state index contributed by atoms with van der Waals surface area (Å²) in [4.78, 5) is 10.1. The zero-order valence-electron chi connectivity index (χ0n) is 21.6. The van der Waals surface area contributed by atoms with Crippen LogP contribution in [0.4, 0.5) is 0 Å². The number of hydrogen-bond donors (Lipinski definition) is 1. The van der Waals surface area contributed by atoms with Crippen LogP contribution >= 0.6 is 0 Å². The first-order valence-electron chi connectivity index (χ1n) is 13.0. The summed E-state index contributed by atoms with van der Waals surface area (Å²) in [6.45, 7) is 16.7. The molecule has 2 fully saturated rings. The van der Waals surface area contributed by atoms with E-state index in [1.807, 2.05) is 0 Å². The quantitative estimate of drug-likeness (QED) is 0.610. The number of likely N-dealkylation sites (N-methyl/N-ethyl adjacent to an activating group) is 2. The van der Waals surface area contributed by atoms with Gasteiger partial charge in [0.1, 0.15) is 0 Å². The Balaban J connectivity index is 1.62. The van der Waals surface area contributed by atoms with E-state index in [0.717, 1.165) is 26.2 Å². The first-order valence-corrected chi connectivity index (χ1v) is 13.0. The van der Waals surface area contributed by atoms with Crippen molar-refractivity contribution in [2.45, 2.75) is 39.8 Å². The number of allylic oxidation sites excluding steroid dienone is 3. The zero-order valence-corrected chi connectivity index (χ0v) is 21.6. The van der Waals surface area contributed by atoms with Crippen LogP contribution in [0.15, 0.2) is 36.4 Å². The predicted octanol–water partition coefficient (Wildman–Crippen LogP) is 3.52. The smallest absolute Gasteiger partial charge is 0.0234 e. The lowest BCUT2D eigenvalue weighted by Gasteiger charge is -2.22. The Bertz CT molecular complexity index is 786. The van der Waals surface area contributed by atoms with Gasteiger partial charge in [-0.25, -0.2) is 0 Å². The fourth-order valence-corrected chi connectivity index (χ4v) is 5.07. The molecule has 0 spiro atoms. The van der Waals surface area contributed by atoms with E-state index in [1.54, 1.807) is 0 Å². The van der Waals surface area contributed by atoms with Gasteiger partial charge in [-0.3, -0.25) is 4.90 Å². The average molecular weight is 454 g/mol. The summed E-state index contributed by atoms with van der Waals surface area (Å²) in [6, 6.07) is 6.92. The number of nitrogens with two attached hydrogens (primary N) is 1. The molecule has 1 unspecified atom stereocenters. The first kappa shape index (κ1) is 26.1. The van der Waals surface area contributed by atoms with E-state index in [2.05, 4.69) is 84.0 Å². The Morgan fingerprint density at radius 2 is 1.61 bits per heavy atom. The Hall–Kier alpha value is -1.50. The topological polar surface area (TPSA) is 39.0 Å². The van der Waals surface area contributed by atoms with Crippen LogP contribution in [0, 0.1) is 5.92 Å². The standard InChI is InChI=1S/C28H47N5/c1-5-26(10-8-24(2)22-32-14-6-12-30(3)16-18-32)28-11-9-25(20-27(28)21-29)23-33-15-7-13-31(4)17-19-33/h5,8-11,20,24H,6-7,12-19,21-23,29H2,1-4H3/b10-8-,26-5+. The highest BCUT2D eigenvalue weighted by atomic mass is 15.2. The van der Waals surface area contributed by atoms with Gasteiger partial charge in [0.25, 0.3) is 0 Å². The second-order valence-corrected chi connectivity index (χ2v) is 10.2. The molecule has 33 heavy (non-hydrogen) atoms. The van der Waals surface area contributed by atoms with E-state index in [0.29, 0.717) is 12.5 Å². The van der Waals surface area contributed by atoms with Crippen LogP contribution in [-0.2, 0) is 13.1 Å². The number of nitrogens with zero attached hydrogens (tertiary/aromatic N) is 4. The van der Waals surface area contributed by atoms with Crippen molar-refractivity contribution in [3.05, 3.63) is 53.1 Å². The van der Waals surface area contributed by atoms with Crippen LogP contribution in [0.25, 0.3) is 5.57 Å². The predicted molar refractivity (Wildman–Crippen MR) is 142 cm³/mol. The summed E-state index contributed by atoms with van der Waals surface area (Å²) in [6.07, 6.45) is 9.44. The van der Waals surface area contributed by atoms with E-state index in [-0.39, 0.29) is 0 Å². The minimum Gasteiger partial charge on any atom is -0.326 e. The van der Waals surface area contributed by atoms with Gasteiger partial charge in [0, 0.05) is 45.8 Å². The molecule has 1 aromatic rings. The van der Waals surface area contributed by atoms with Crippen molar-refractivity contribution < 1.29 is 0 Å². The van der Waals surface area contributed by atoms with Gasteiger partial charge < -0.3 is 20.4 Å². The highest BCUT2D eigenvalue weighted by Gasteiger charge is 2.15. The van der Waals surface area contributed by atoms with Crippen molar-refractivity contribution >= 4 is 5.57 Å². The van der Waals surface area contributed by atoms with Gasteiger partial charge in [0.15, 0.2) is 0 Å². The first-order chi connectivity index (χ1) is 16.0. The lowest BCUT2D eigenvalue weighted by Crippen LogP contribution is -2.32. The summed E-state index contributed by atoms with van der Waals surface area (Å²) in [5.74, 6) is 0.533. The van der Waals surface area contributed by atoms with Gasteiger partial charge in [-0.15, -0.1) is 0 Å². The molecule has 184 valence electrons. The Kier molecular flexibility index (Phi) is 10.6. The van der Waals surface area contributed by atoms with Crippen molar-refractivity contribution in [1.82, 2.24) is 19.6 Å². The van der Waals surface area contributed by atoms with Crippen LogP contribution in [0.1, 0.15) is 43.4 Å². The fraction of sp³-hybridized carbons (Fsp3) is 0.643. The molecule has 3 rings (SSSR count). The van der Waals surface area contributed by atoms with E-state index >= 15 is 0 Å². The van der Waals surface area contributed by atoms with Crippen molar-refractivity contribution in [2.75, 3.05) is 73.0 Å². The number of hydrogen-bond acceptors (Lipinski definition) is 5. The van der Waals surface area contributed by atoms with Gasteiger partial charge in [-0.1, -0.05) is 43.4 Å². The molecule has 0 saturated carbocycles. The summed E-state index contributed by atoms with van der Waals surface area (Å²) in [5, 5.41) is 0. The van der Waals surface area contributed by atoms with Crippen molar-refractivity contribution in [3.8, 4) is 0 Å². The second kappa shape index (κ2) is 13.4. The molecule has 0 bridgehead atoms. The molecule has 5 heteroatoms. The van der Waals surface area contributed by atoms with Gasteiger partial charge >= 0.3 is 0 Å². The highest BCUT2D eigenvalue weighted by molar-refractivity contribution is 5.76. The molecule has 0 amide bonds. The molecule has 2 heterocycles. The van der Waals surface area contributed by atoms with E-state index in [9.17, 15) is 0 Å². The average Bonchev–Trinajstić information content (AvgIpc) is 3.14. The largest absolute Gasteiger partial charge is 0.326 e. The van der Waals surface area contributed by atoms with Gasteiger partial charge in [0.2, 0.25) is 0 Å². The third-order valence-electron chi connectivity index (χ3n) is 7.19. The second-order valence-electron chi connectivity index (χ2n) is 10.2. The zero-order chi connectivity index (χ0) is 23.6. The SMILES string of the molecule is C/C=C(\C=C/C(C)CN1CCCN(C)CC1)c1ccc(CN2CCCN(C)CC2)cc1CN. The maximum absolute atomic E-state index is 6.21. The molecule has 1 aromatic carbocycles. The molecule has 0 radical (unpaired) electrons. The monoisotopic (exact) mass is 453 g/mol. The molecule has 2 aliphatic heterocycles.